The van der Waals surface area contributed by atoms with Crippen LogP contribution < -0.4 is 10.6 Å². The Kier molecular flexibility index (Phi) is 7.21. The van der Waals surface area contributed by atoms with E-state index in [4.69, 9.17) is 4.98 Å². The Morgan fingerprint density at radius 2 is 1.88 bits per heavy atom. The Morgan fingerprint density at radius 1 is 1.03 bits per heavy atom. The standard InChI is InChI=1S/C24H28N6OS/c1-3-12-26-22-20-16-27-30(23(20)29-24(28-22)32-4-2)14-13-25-21(31)15-18-10-7-9-17-8-5-6-11-19(17)18/h5-11,16H,3-4,12-15H2,1-2H3,(H,25,31)(H,26,28,29). The summed E-state index contributed by atoms with van der Waals surface area (Å²) in [4.78, 5) is 21.9. The van der Waals surface area contributed by atoms with E-state index in [1.807, 2.05) is 28.9 Å². The highest BCUT2D eigenvalue weighted by molar-refractivity contribution is 7.99. The van der Waals surface area contributed by atoms with Crippen LogP contribution in [-0.2, 0) is 17.8 Å². The molecule has 32 heavy (non-hydrogen) atoms. The number of anilines is 1. The average molecular weight is 449 g/mol. The van der Waals surface area contributed by atoms with Crippen molar-refractivity contribution in [2.45, 2.75) is 38.4 Å². The second-order valence-corrected chi connectivity index (χ2v) is 8.72. The zero-order chi connectivity index (χ0) is 22.3. The fourth-order valence-electron chi connectivity index (χ4n) is 3.65. The van der Waals surface area contributed by atoms with Crippen LogP contribution >= 0.6 is 11.8 Å². The lowest BCUT2D eigenvalue weighted by Crippen LogP contribution is -2.29. The highest BCUT2D eigenvalue weighted by Gasteiger charge is 2.13. The normalized spacial score (nSPS) is 11.2. The van der Waals surface area contributed by atoms with Crippen LogP contribution in [-0.4, -0.2) is 44.5 Å². The molecule has 0 aliphatic carbocycles. The number of amides is 1. The molecule has 2 heterocycles. The average Bonchev–Trinajstić information content (AvgIpc) is 3.21. The number of rotatable bonds is 10. The number of fused-ring (bicyclic) bond motifs is 2. The molecule has 0 bridgehead atoms. The first-order valence-electron chi connectivity index (χ1n) is 11.0. The number of nitrogens with zero attached hydrogens (tertiary/aromatic N) is 4. The molecule has 0 radical (unpaired) electrons. The molecule has 0 spiro atoms. The highest BCUT2D eigenvalue weighted by atomic mass is 32.2. The number of hydrogen-bond donors (Lipinski definition) is 2. The van der Waals surface area contributed by atoms with Crippen LogP contribution in [0.25, 0.3) is 21.8 Å². The van der Waals surface area contributed by atoms with E-state index in [1.165, 1.54) is 0 Å². The molecule has 7 nitrogen and oxygen atoms in total. The lowest BCUT2D eigenvalue weighted by atomic mass is 10.0. The summed E-state index contributed by atoms with van der Waals surface area (Å²) in [6.45, 7) is 6.08. The van der Waals surface area contributed by atoms with Crippen molar-refractivity contribution in [2.24, 2.45) is 0 Å². The van der Waals surface area contributed by atoms with Gasteiger partial charge < -0.3 is 10.6 Å². The number of carbonyl (C=O) groups is 1. The van der Waals surface area contributed by atoms with Gasteiger partial charge in [-0.1, -0.05) is 68.1 Å². The van der Waals surface area contributed by atoms with Gasteiger partial charge in [0.1, 0.15) is 5.82 Å². The third-order valence-corrected chi connectivity index (χ3v) is 5.90. The molecular formula is C24H28N6OS. The van der Waals surface area contributed by atoms with Gasteiger partial charge in [0.15, 0.2) is 10.8 Å². The maximum absolute atomic E-state index is 12.6. The molecule has 0 fully saturated rings. The summed E-state index contributed by atoms with van der Waals surface area (Å²) in [6, 6.07) is 14.2. The number of carbonyl (C=O) groups excluding carboxylic acids is 1. The van der Waals surface area contributed by atoms with Gasteiger partial charge in [-0.2, -0.15) is 5.10 Å². The van der Waals surface area contributed by atoms with Crippen molar-refractivity contribution in [1.29, 1.82) is 0 Å². The molecule has 0 aliphatic rings. The third-order valence-electron chi connectivity index (χ3n) is 5.17. The van der Waals surface area contributed by atoms with E-state index in [0.29, 0.717) is 19.5 Å². The topological polar surface area (TPSA) is 84.7 Å². The minimum absolute atomic E-state index is 0.0000281. The summed E-state index contributed by atoms with van der Waals surface area (Å²) >= 11 is 1.61. The van der Waals surface area contributed by atoms with Crippen molar-refractivity contribution in [1.82, 2.24) is 25.1 Å². The highest BCUT2D eigenvalue weighted by Crippen LogP contribution is 2.24. The molecule has 4 aromatic rings. The van der Waals surface area contributed by atoms with Crippen LogP contribution in [0.5, 0.6) is 0 Å². The minimum atomic E-state index is -0.0000281. The SMILES string of the molecule is CCCNc1nc(SCC)nc2c1cnn2CCNC(=O)Cc1cccc2ccccc12. The first-order valence-corrected chi connectivity index (χ1v) is 12.0. The summed E-state index contributed by atoms with van der Waals surface area (Å²) < 4.78 is 1.84. The number of benzene rings is 2. The Balaban J connectivity index is 1.43. The van der Waals surface area contributed by atoms with Crippen molar-refractivity contribution in [3.8, 4) is 0 Å². The van der Waals surface area contributed by atoms with Crippen LogP contribution in [0.4, 0.5) is 5.82 Å². The number of nitrogens with one attached hydrogen (secondary N) is 2. The largest absolute Gasteiger partial charge is 0.369 e. The van der Waals surface area contributed by atoms with Gasteiger partial charge in [0.05, 0.1) is 24.5 Å². The fourth-order valence-corrected chi connectivity index (χ4v) is 4.22. The molecule has 2 N–H and O–H groups in total. The van der Waals surface area contributed by atoms with Gasteiger partial charge in [-0.3, -0.25) is 4.79 Å². The van der Waals surface area contributed by atoms with Crippen molar-refractivity contribution in [2.75, 3.05) is 24.2 Å². The smallest absolute Gasteiger partial charge is 0.224 e. The molecule has 4 rings (SSSR count). The number of hydrogen-bond acceptors (Lipinski definition) is 6. The van der Waals surface area contributed by atoms with E-state index in [2.05, 4.69) is 52.8 Å². The van der Waals surface area contributed by atoms with Gasteiger partial charge in [0.2, 0.25) is 5.91 Å². The Hall–Kier alpha value is -3.13. The third kappa shape index (κ3) is 5.02. The molecule has 0 atom stereocenters. The van der Waals surface area contributed by atoms with Crippen LogP contribution in [0.15, 0.2) is 53.8 Å². The molecule has 1 amide bonds. The quantitative estimate of drug-likeness (QED) is 0.278. The Morgan fingerprint density at radius 3 is 2.72 bits per heavy atom. The van der Waals surface area contributed by atoms with Gasteiger partial charge in [-0.15, -0.1) is 0 Å². The molecule has 166 valence electrons. The molecule has 2 aromatic carbocycles. The van der Waals surface area contributed by atoms with Crippen molar-refractivity contribution in [3.05, 3.63) is 54.2 Å². The van der Waals surface area contributed by atoms with Crippen LogP contribution in [0, 0.1) is 0 Å². The van der Waals surface area contributed by atoms with Gasteiger partial charge in [0, 0.05) is 13.1 Å². The van der Waals surface area contributed by atoms with E-state index in [0.717, 1.165) is 57.1 Å². The van der Waals surface area contributed by atoms with E-state index >= 15 is 0 Å². The first kappa shape index (κ1) is 22.1. The zero-order valence-corrected chi connectivity index (χ0v) is 19.3. The molecule has 0 saturated heterocycles. The van der Waals surface area contributed by atoms with Crippen LogP contribution in [0.1, 0.15) is 25.8 Å². The van der Waals surface area contributed by atoms with Crippen molar-refractivity contribution < 1.29 is 4.79 Å². The summed E-state index contributed by atoms with van der Waals surface area (Å²) in [5, 5.41) is 14.8. The van der Waals surface area contributed by atoms with Crippen molar-refractivity contribution in [3.63, 3.8) is 0 Å². The Labute approximate surface area is 192 Å². The summed E-state index contributed by atoms with van der Waals surface area (Å²) in [5.74, 6) is 1.72. The molecule has 0 unspecified atom stereocenters. The first-order chi connectivity index (χ1) is 15.7. The van der Waals surface area contributed by atoms with Gasteiger partial charge in [-0.25, -0.2) is 14.6 Å². The van der Waals surface area contributed by atoms with E-state index in [9.17, 15) is 4.79 Å². The maximum atomic E-state index is 12.6. The molecular weight excluding hydrogens is 420 g/mol. The summed E-state index contributed by atoms with van der Waals surface area (Å²) in [5.41, 5.74) is 1.82. The summed E-state index contributed by atoms with van der Waals surface area (Å²) in [7, 11) is 0. The predicted octanol–water partition coefficient (Wildman–Crippen LogP) is 4.27. The van der Waals surface area contributed by atoms with E-state index in [1.54, 1.807) is 18.0 Å². The lowest BCUT2D eigenvalue weighted by Gasteiger charge is -2.10. The van der Waals surface area contributed by atoms with Gasteiger partial charge in [-0.05, 0) is 28.5 Å². The van der Waals surface area contributed by atoms with Crippen LogP contribution in [0.3, 0.4) is 0 Å². The molecule has 2 aromatic heterocycles. The molecule has 0 aliphatic heterocycles. The summed E-state index contributed by atoms with van der Waals surface area (Å²) in [6.07, 6.45) is 3.16. The van der Waals surface area contributed by atoms with Crippen LogP contribution in [0.2, 0.25) is 0 Å². The predicted molar refractivity (Wildman–Crippen MR) is 131 cm³/mol. The number of aromatic nitrogens is 4. The zero-order valence-electron chi connectivity index (χ0n) is 18.5. The van der Waals surface area contributed by atoms with Crippen molar-refractivity contribution >= 4 is 45.3 Å². The lowest BCUT2D eigenvalue weighted by molar-refractivity contribution is -0.120. The Bertz CT molecular complexity index is 1220. The van der Waals surface area contributed by atoms with Gasteiger partial charge >= 0.3 is 0 Å². The maximum Gasteiger partial charge on any atom is 0.224 e. The fraction of sp³-hybridized carbons (Fsp3) is 0.333. The minimum Gasteiger partial charge on any atom is -0.369 e. The second kappa shape index (κ2) is 10.5. The number of thioether (sulfide) groups is 1. The molecule has 8 heteroatoms. The van der Waals surface area contributed by atoms with Gasteiger partial charge in [0.25, 0.3) is 0 Å². The molecule has 0 saturated carbocycles. The monoisotopic (exact) mass is 448 g/mol. The van der Waals surface area contributed by atoms with E-state index < -0.39 is 0 Å². The van der Waals surface area contributed by atoms with E-state index in [-0.39, 0.29) is 5.91 Å². The second-order valence-electron chi connectivity index (χ2n) is 7.48.